The number of hydrogen-bond donors (Lipinski definition) is 1. The van der Waals surface area contributed by atoms with Crippen molar-refractivity contribution in [3.63, 3.8) is 0 Å². The lowest BCUT2D eigenvalue weighted by Gasteiger charge is -2.14. The summed E-state index contributed by atoms with van der Waals surface area (Å²) in [5.41, 5.74) is 1.78. The monoisotopic (exact) mass is 368 g/mol. The molecule has 0 aromatic heterocycles. The summed E-state index contributed by atoms with van der Waals surface area (Å²) < 4.78 is 6.52. The normalized spacial score (nSPS) is 12.5. The molecule has 2 aromatic rings. The van der Waals surface area contributed by atoms with Gasteiger partial charge >= 0.3 is 0 Å². The fourth-order valence-electron chi connectivity index (χ4n) is 2.05. The Morgan fingerprint density at radius 2 is 1.81 bits per heavy atom. The smallest absolute Gasteiger partial charge is 0.119 e. The van der Waals surface area contributed by atoms with Crippen LogP contribution in [0.15, 0.2) is 46.9 Å². The molecule has 2 nitrogen and oxygen atoms in total. The number of halogens is 2. The predicted molar refractivity (Wildman–Crippen MR) is 90.0 cm³/mol. The highest BCUT2D eigenvalue weighted by molar-refractivity contribution is 9.10. The average Bonchev–Trinajstić information content (AvgIpc) is 2.42. The van der Waals surface area contributed by atoms with Crippen LogP contribution in [0.1, 0.15) is 31.1 Å². The fraction of sp³-hybridized carbons (Fsp3) is 0.294. The minimum atomic E-state index is -0.586. The summed E-state index contributed by atoms with van der Waals surface area (Å²) in [6, 6.07) is 13.2. The zero-order valence-electron chi connectivity index (χ0n) is 12.0. The Morgan fingerprint density at radius 1 is 1.14 bits per heavy atom. The molecule has 0 bridgehead atoms. The SMILES string of the molecule is CC(C)Oc1ccc(C(O)Cc2ccc(Br)cc2Cl)cc1. The van der Waals surface area contributed by atoms with Gasteiger partial charge in [-0.05, 0) is 49.2 Å². The first-order chi connectivity index (χ1) is 9.95. The molecule has 2 rings (SSSR count). The van der Waals surface area contributed by atoms with E-state index >= 15 is 0 Å². The maximum Gasteiger partial charge on any atom is 0.119 e. The van der Waals surface area contributed by atoms with Crippen molar-refractivity contribution in [3.8, 4) is 5.75 Å². The van der Waals surface area contributed by atoms with Crippen LogP contribution in [0.2, 0.25) is 5.02 Å². The summed E-state index contributed by atoms with van der Waals surface area (Å²) >= 11 is 9.56. The average molecular weight is 370 g/mol. The number of ether oxygens (including phenoxy) is 1. The minimum Gasteiger partial charge on any atom is -0.491 e. The first-order valence-corrected chi connectivity index (χ1v) is 8.01. The highest BCUT2D eigenvalue weighted by Gasteiger charge is 2.11. The lowest BCUT2D eigenvalue weighted by molar-refractivity contribution is 0.178. The number of hydrogen-bond acceptors (Lipinski definition) is 2. The van der Waals surface area contributed by atoms with E-state index in [1.54, 1.807) is 0 Å². The van der Waals surface area contributed by atoms with Crippen molar-refractivity contribution in [2.45, 2.75) is 32.5 Å². The molecule has 4 heteroatoms. The van der Waals surface area contributed by atoms with Crippen molar-refractivity contribution in [1.29, 1.82) is 0 Å². The molecule has 112 valence electrons. The first-order valence-electron chi connectivity index (χ1n) is 6.84. The number of rotatable bonds is 5. The Balaban J connectivity index is 2.07. The van der Waals surface area contributed by atoms with Gasteiger partial charge in [-0.2, -0.15) is 0 Å². The molecule has 0 fully saturated rings. The Kier molecular flexibility index (Phi) is 5.68. The molecule has 0 amide bonds. The molecule has 0 aliphatic rings. The van der Waals surface area contributed by atoms with Crippen molar-refractivity contribution in [3.05, 3.63) is 63.1 Å². The second-order valence-electron chi connectivity index (χ2n) is 5.19. The number of aliphatic hydroxyl groups is 1. The summed E-state index contributed by atoms with van der Waals surface area (Å²) in [5, 5.41) is 11.0. The van der Waals surface area contributed by atoms with Crippen LogP contribution in [0.4, 0.5) is 0 Å². The van der Waals surface area contributed by atoms with Crippen LogP contribution < -0.4 is 4.74 Å². The minimum absolute atomic E-state index is 0.141. The molecular weight excluding hydrogens is 352 g/mol. The van der Waals surface area contributed by atoms with Gasteiger partial charge in [-0.25, -0.2) is 0 Å². The van der Waals surface area contributed by atoms with Crippen LogP contribution in [-0.4, -0.2) is 11.2 Å². The molecule has 0 spiro atoms. The summed E-state index contributed by atoms with van der Waals surface area (Å²) in [5.74, 6) is 0.808. The van der Waals surface area contributed by atoms with Gasteiger partial charge in [-0.3, -0.25) is 0 Å². The zero-order chi connectivity index (χ0) is 15.4. The van der Waals surface area contributed by atoms with E-state index in [9.17, 15) is 5.11 Å². The standard InChI is InChI=1S/C17H18BrClO2/c1-11(2)21-15-7-4-12(5-8-15)17(20)9-13-3-6-14(18)10-16(13)19/h3-8,10-11,17,20H,9H2,1-2H3. The Labute approximate surface area is 138 Å². The predicted octanol–water partition coefficient (Wildman–Crippen LogP) is 5.17. The Bertz CT molecular complexity index is 596. The van der Waals surface area contributed by atoms with E-state index in [1.165, 1.54) is 0 Å². The molecule has 0 saturated carbocycles. The molecule has 1 unspecified atom stereocenters. The van der Waals surface area contributed by atoms with Gasteiger partial charge in [0, 0.05) is 15.9 Å². The van der Waals surface area contributed by atoms with E-state index in [-0.39, 0.29) is 6.10 Å². The fourth-order valence-corrected chi connectivity index (χ4v) is 2.80. The quantitative estimate of drug-likeness (QED) is 0.788. The van der Waals surface area contributed by atoms with Gasteiger partial charge in [0.1, 0.15) is 5.75 Å². The highest BCUT2D eigenvalue weighted by Crippen LogP contribution is 2.27. The Morgan fingerprint density at radius 3 is 2.38 bits per heavy atom. The van der Waals surface area contributed by atoms with E-state index < -0.39 is 6.10 Å². The van der Waals surface area contributed by atoms with Crippen LogP contribution in [0.5, 0.6) is 5.75 Å². The lowest BCUT2D eigenvalue weighted by atomic mass is 10.0. The summed E-state index contributed by atoms with van der Waals surface area (Å²) in [4.78, 5) is 0. The van der Waals surface area contributed by atoms with Crippen molar-refractivity contribution in [1.82, 2.24) is 0 Å². The third-order valence-corrected chi connectivity index (χ3v) is 3.91. The van der Waals surface area contributed by atoms with Gasteiger partial charge in [-0.1, -0.05) is 45.7 Å². The van der Waals surface area contributed by atoms with Gasteiger partial charge in [0.2, 0.25) is 0 Å². The van der Waals surface area contributed by atoms with Crippen molar-refractivity contribution in [2.24, 2.45) is 0 Å². The molecule has 0 saturated heterocycles. The molecule has 1 N–H and O–H groups in total. The van der Waals surface area contributed by atoms with Gasteiger partial charge in [0.15, 0.2) is 0 Å². The van der Waals surface area contributed by atoms with Gasteiger partial charge in [0.05, 0.1) is 12.2 Å². The van der Waals surface area contributed by atoms with E-state index in [2.05, 4.69) is 15.9 Å². The maximum absolute atomic E-state index is 10.3. The molecule has 0 aliphatic carbocycles. The number of aliphatic hydroxyl groups excluding tert-OH is 1. The Hall–Kier alpha value is -1.03. The van der Waals surface area contributed by atoms with E-state index in [1.807, 2.05) is 56.3 Å². The van der Waals surface area contributed by atoms with Crippen LogP contribution in [0.3, 0.4) is 0 Å². The molecular formula is C17H18BrClO2. The topological polar surface area (TPSA) is 29.5 Å². The summed E-state index contributed by atoms with van der Waals surface area (Å²) in [6.07, 6.45) is 0.0374. The van der Waals surface area contributed by atoms with Crippen LogP contribution in [-0.2, 0) is 6.42 Å². The van der Waals surface area contributed by atoms with E-state index in [4.69, 9.17) is 16.3 Å². The van der Waals surface area contributed by atoms with Crippen LogP contribution in [0, 0.1) is 0 Å². The summed E-state index contributed by atoms with van der Waals surface area (Å²) in [6.45, 7) is 3.97. The number of benzene rings is 2. The van der Waals surface area contributed by atoms with Crippen molar-refractivity contribution < 1.29 is 9.84 Å². The second kappa shape index (κ2) is 7.30. The van der Waals surface area contributed by atoms with Crippen LogP contribution >= 0.6 is 27.5 Å². The van der Waals surface area contributed by atoms with Crippen molar-refractivity contribution >= 4 is 27.5 Å². The highest BCUT2D eigenvalue weighted by atomic mass is 79.9. The van der Waals surface area contributed by atoms with Gasteiger partial charge < -0.3 is 9.84 Å². The molecule has 0 radical (unpaired) electrons. The molecule has 1 atom stereocenters. The van der Waals surface area contributed by atoms with Crippen LogP contribution in [0.25, 0.3) is 0 Å². The van der Waals surface area contributed by atoms with Crippen molar-refractivity contribution in [2.75, 3.05) is 0 Å². The lowest BCUT2D eigenvalue weighted by Crippen LogP contribution is -2.06. The molecule has 0 aliphatic heterocycles. The van der Waals surface area contributed by atoms with E-state index in [0.29, 0.717) is 11.4 Å². The third kappa shape index (κ3) is 4.73. The van der Waals surface area contributed by atoms with Gasteiger partial charge in [0.25, 0.3) is 0 Å². The zero-order valence-corrected chi connectivity index (χ0v) is 14.4. The first kappa shape index (κ1) is 16.3. The maximum atomic E-state index is 10.3. The molecule has 21 heavy (non-hydrogen) atoms. The second-order valence-corrected chi connectivity index (χ2v) is 6.51. The molecule has 2 aromatic carbocycles. The third-order valence-electron chi connectivity index (χ3n) is 3.07. The van der Waals surface area contributed by atoms with Gasteiger partial charge in [-0.15, -0.1) is 0 Å². The summed E-state index contributed by atoms with van der Waals surface area (Å²) in [7, 11) is 0. The van der Waals surface area contributed by atoms with E-state index in [0.717, 1.165) is 21.3 Å². The molecule has 0 heterocycles. The largest absolute Gasteiger partial charge is 0.491 e.